The molecule has 0 aliphatic rings. The molecule has 1 aromatic heterocycles. The summed E-state index contributed by atoms with van der Waals surface area (Å²) in [5, 5.41) is 5.71. The first kappa shape index (κ1) is 10.9. The molecule has 76 valence electrons. The van der Waals surface area contributed by atoms with E-state index < -0.39 is 0 Å². The number of nitrogens with one attached hydrogen (secondary N) is 2. The van der Waals surface area contributed by atoms with Gasteiger partial charge in [-0.05, 0) is 25.6 Å². The lowest BCUT2D eigenvalue weighted by Gasteiger charge is -2.06. The summed E-state index contributed by atoms with van der Waals surface area (Å²) in [5.41, 5.74) is 1.50. The Labute approximate surface area is 87.7 Å². The van der Waals surface area contributed by atoms with Crippen LogP contribution in [0.25, 0.3) is 0 Å². The number of nitrogens with zero attached hydrogens (tertiary/aromatic N) is 1. The average Bonchev–Trinajstić information content (AvgIpc) is 2.12. The number of rotatable bonds is 3. The number of carbonyl (C=O) groups excluding carboxylic acids is 1. The molecule has 5 heteroatoms. The van der Waals surface area contributed by atoms with Crippen LogP contribution in [0.5, 0.6) is 0 Å². The van der Waals surface area contributed by atoms with Crippen LogP contribution in [0.4, 0.5) is 5.69 Å². The number of hydrogen-bond donors (Lipinski definition) is 2. The first-order chi connectivity index (χ1) is 6.63. The second-order valence-electron chi connectivity index (χ2n) is 2.93. The van der Waals surface area contributed by atoms with Gasteiger partial charge in [0.05, 0.1) is 12.2 Å². The van der Waals surface area contributed by atoms with Gasteiger partial charge in [-0.25, -0.2) is 4.98 Å². The summed E-state index contributed by atoms with van der Waals surface area (Å²) in [6, 6.07) is 1.78. The number of aryl methyl sites for hydroxylation is 1. The van der Waals surface area contributed by atoms with Gasteiger partial charge in [-0.2, -0.15) is 0 Å². The lowest BCUT2D eigenvalue weighted by Crippen LogP contribution is -2.25. The van der Waals surface area contributed by atoms with E-state index in [1.165, 1.54) is 0 Å². The fourth-order valence-corrected chi connectivity index (χ4v) is 1.15. The van der Waals surface area contributed by atoms with Gasteiger partial charge in [0.2, 0.25) is 5.91 Å². The van der Waals surface area contributed by atoms with E-state index in [4.69, 9.17) is 11.6 Å². The fraction of sp³-hybridized carbons (Fsp3) is 0.333. The highest BCUT2D eigenvalue weighted by Crippen LogP contribution is 2.19. The highest BCUT2D eigenvalue weighted by Gasteiger charge is 2.05. The van der Waals surface area contributed by atoms with Crippen molar-refractivity contribution >= 4 is 23.2 Å². The van der Waals surface area contributed by atoms with Gasteiger partial charge in [0, 0.05) is 6.20 Å². The van der Waals surface area contributed by atoms with Crippen LogP contribution in [0, 0.1) is 6.92 Å². The van der Waals surface area contributed by atoms with E-state index >= 15 is 0 Å². The van der Waals surface area contributed by atoms with Crippen LogP contribution in [0.3, 0.4) is 0 Å². The molecule has 1 rings (SSSR count). The van der Waals surface area contributed by atoms with Crippen LogP contribution in [0.1, 0.15) is 5.56 Å². The SMILES string of the molecule is CNCC(=O)Nc1cc(C)cnc1Cl. The Kier molecular flexibility index (Phi) is 3.85. The maximum absolute atomic E-state index is 11.2. The maximum Gasteiger partial charge on any atom is 0.238 e. The molecule has 0 saturated carbocycles. The van der Waals surface area contributed by atoms with E-state index in [0.29, 0.717) is 10.8 Å². The number of hydrogen-bond acceptors (Lipinski definition) is 3. The Morgan fingerprint density at radius 1 is 1.64 bits per heavy atom. The van der Waals surface area contributed by atoms with Crippen LogP contribution >= 0.6 is 11.6 Å². The molecule has 14 heavy (non-hydrogen) atoms. The number of pyridine rings is 1. The number of aromatic nitrogens is 1. The van der Waals surface area contributed by atoms with Gasteiger partial charge in [-0.3, -0.25) is 4.79 Å². The molecule has 0 atom stereocenters. The lowest BCUT2D eigenvalue weighted by molar-refractivity contribution is -0.115. The highest BCUT2D eigenvalue weighted by atomic mass is 35.5. The Morgan fingerprint density at radius 3 is 3.00 bits per heavy atom. The predicted molar refractivity (Wildman–Crippen MR) is 56.5 cm³/mol. The normalized spacial score (nSPS) is 9.93. The predicted octanol–water partition coefficient (Wildman–Crippen LogP) is 1.20. The quantitative estimate of drug-likeness (QED) is 0.742. The monoisotopic (exact) mass is 213 g/mol. The van der Waals surface area contributed by atoms with Crippen molar-refractivity contribution in [1.29, 1.82) is 0 Å². The first-order valence-corrected chi connectivity index (χ1v) is 4.58. The second-order valence-corrected chi connectivity index (χ2v) is 3.29. The van der Waals surface area contributed by atoms with Gasteiger partial charge < -0.3 is 10.6 Å². The van der Waals surface area contributed by atoms with Gasteiger partial charge in [-0.1, -0.05) is 11.6 Å². The van der Waals surface area contributed by atoms with Crippen molar-refractivity contribution in [3.05, 3.63) is 23.0 Å². The zero-order valence-electron chi connectivity index (χ0n) is 8.10. The molecule has 0 radical (unpaired) electrons. The van der Waals surface area contributed by atoms with Crippen molar-refractivity contribution < 1.29 is 4.79 Å². The van der Waals surface area contributed by atoms with E-state index in [1.54, 1.807) is 19.3 Å². The average molecular weight is 214 g/mol. The lowest BCUT2D eigenvalue weighted by atomic mass is 10.3. The number of carbonyl (C=O) groups is 1. The number of likely N-dealkylation sites (N-methyl/N-ethyl adjacent to an activating group) is 1. The molecule has 1 heterocycles. The Hall–Kier alpha value is -1.13. The van der Waals surface area contributed by atoms with Crippen molar-refractivity contribution in [2.24, 2.45) is 0 Å². The van der Waals surface area contributed by atoms with Crippen LogP contribution < -0.4 is 10.6 Å². The van der Waals surface area contributed by atoms with Crippen molar-refractivity contribution in [3.63, 3.8) is 0 Å². The molecule has 0 aliphatic heterocycles. The largest absolute Gasteiger partial charge is 0.322 e. The summed E-state index contributed by atoms with van der Waals surface area (Å²) in [4.78, 5) is 15.1. The van der Waals surface area contributed by atoms with Crippen molar-refractivity contribution in [3.8, 4) is 0 Å². The van der Waals surface area contributed by atoms with E-state index in [0.717, 1.165) is 5.56 Å². The summed E-state index contributed by atoms with van der Waals surface area (Å²) in [7, 11) is 1.70. The summed E-state index contributed by atoms with van der Waals surface area (Å²) in [6.07, 6.45) is 1.65. The molecule has 0 aromatic carbocycles. The molecule has 0 spiro atoms. The Balaban J connectivity index is 2.75. The molecule has 0 bridgehead atoms. The zero-order chi connectivity index (χ0) is 10.6. The van der Waals surface area contributed by atoms with Crippen LogP contribution in [0.2, 0.25) is 5.15 Å². The topological polar surface area (TPSA) is 54.0 Å². The van der Waals surface area contributed by atoms with Gasteiger partial charge >= 0.3 is 0 Å². The van der Waals surface area contributed by atoms with E-state index in [9.17, 15) is 4.79 Å². The third-order valence-corrected chi connectivity index (χ3v) is 1.89. The molecule has 0 saturated heterocycles. The summed E-state index contributed by atoms with van der Waals surface area (Å²) in [5.74, 6) is -0.137. The third kappa shape index (κ3) is 2.97. The summed E-state index contributed by atoms with van der Waals surface area (Å²) >= 11 is 5.79. The van der Waals surface area contributed by atoms with Gasteiger partial charge in [0.15, 0.2) is 5.15 Å². The maximum atomic E-state index is 11.2. The minimum atomic E-state index is -0.137. The summed E-state index contributed by atoms with van der Waals surface area (Å²) in [6.45, 7) is 2.14. The third-order valence-electron chi connectivity index (χ3n) is 1.59. The number of anilines is 1. The Morgan fingerprint density at radius 2 is 2.36 bits per heavy atom. The Bertz CT molecular complexity index is 341. The minimum absolute atomic E-state index is 0.137. The minimum Gasteiger partial charge on any atom is -0.322 e. The van der Waals surface area contributed by atoms with E-state index in [-0.39, 0.29) is 12.5 Å². The fourth-order valence-electron chi connectivity index (χ4n) is 0.995. The molecule has 0 aliphatic carbocycles. The molecule has 2 N–H and O–H groups in total. The van der Waals surface area contributed by atoms with Crippen molar-refractivity contribution in [1.82, 2.24) is 10.3 Å². The second kappa shape index (κ2) is 4.93. The van der Waals surface area contributed by atoms with E-state index in [2.05, 4.69) is 15.6 Å². The van der Waals surface area contributed by atoms with Gasteiger partial charge in [-0.15, -0.1) is 0 Å². The molecular weight excluding hydrogens is 202 g/mol. The molecule has 1 amide bonds. The molecule has 0 unspecified atom stereocenters. The highest BCUT2D eigenvalue weighted by molar-refractivity contribution is 6.32. The van der Waals surface area contributed by atoms with Gasteiger partial charge in [0.1, 0.15) is 0 Å². The van der Waals surface area contributed by atoms with Crippen molar-refractivity contribution in [2.75, 3.05) is 18.9 Å². The van der Waals surface area contributed by atoms with Crippen LogP contribution in [-0.4, -0.2) is 24.5 Å². The van der Waals surface area contributed by atoms with E-state index in [1.807, 2.05) is 6.92 Å². The number of halogens is 1. The van der Waals surface area contributed by atoms with Gasteiger partial charge in [0.25, 0.3) is 0 Å². The number of amides is 1. The summed E-state index contributed by atoms with van der Waals surface area (Å²) < 4.78 is 0. The molecule has 0 fully saturated rings. The van der Waals surface area contributed by atoms with Crippen LogP contribution in [0.15, 0.2) is 12.3 Å². The van der Waals surface area contributed by atoms with Crippen molar-refractivity contribution in [2.45, 2.75) is 6.92 Å². The molecule has 1 aromatic rings. The van der Waals surface area contributed by atoms with Crippen LogP contribution in [-0.2, 0) is 4.79 Å². The zero-order valence-corrected chi connectivity index (χ0v) is 8.85. The molecule has 4 nitrogen and oxygen atoms in total. The first-order valence-electron chi connectivity index (χ1n) is 4.20. The standard InChI is InChI=1S/C9H12ClN3O/c1-6-3-7(9(10)12-4-6)13-8(14)5-11-2/h3-4,11H,5H2,1-2H3,(H,13,14). The smallest absolute Gasteiger partial charge is 0.238 e. The molecular formula is C9H12ClN3O.